The van der Waals surface area contributed by atoms with Gasteiger partial charge in [-0.3, -0.25) is 0 Å². The summed E-state index contributed by atoms with van der Waals surface area (Å²) in [4.78, 5) is 4.46. The van der Waals surface area contributed by atoms with E-state index in [0.29, 0.717) is 12.1 Å². The third-order valence-corrected chi connectivity index (χ3v) is 3.94. The maximum absolute atomic E-state index is 5.65. The van der Waals surface area contributed by atoms with E-state index in [2.05, 4.69) is 31.1 Å². The highest BCUT2D eigenvalue weighted by molar-refractivity contribution is 7.09. The molecule has 0 spiro atoms. The number of hydrogen-bond acceptors (Lipinski definition) is 4. The lowest BCUT2D eigenvalue weighted by Crippen LogP contribution is -2.57. The largest absolute Gasteiger partial charge is 0.378 e. The molecule has 0 bridgehead atoms. The standard InChI is InChI=1S/C12H20N2OS/c1-4-15-10-7-12(8-10,14-9(2)3)11-13-5-6-16-11/h5-6,9-10,14H,4,7-8H2,1-3H3. The van der Waals surface area contributed by atoms with Crippen molar-refractivity contribution in [3.05, 3.63) is 16.6 Å². The average molecular weight is 240 g/mol. The number of hydrogen-bond donors (Lipinski definition) is 1. The van der Waals surface area contributed by atoms with Gasteiger partial charge < -0.3 is 10.1 Å². The van der Waals surface area contributed by atoms with Crippen molar-refractivity contribution in [1.82, 2.24) is 10.3 Å². The number of nitrogens with one attached hydrogen (secondary N) is 1. The molecule has 3 nitrogen and oxygen atoms in total. The first-order chi connectivity index (χ1) is 7.66. The Kier molecular flexibility index (Phi) is 3.62. The van der Waals surface area contributed by atoms with Crippen molar-refractivity contribution in [2.75, 3.05) is 6.61 Å². The summed E-state index contributed by atoms with van der Waals surface area (Å²) in [5.74, 6) is 0. The van der Waals surface area contributed by atoms with Gasteiger partial charge in [-0.1, -0.05) is 0 Å². The Bertz CT molecular complexity index is 318. The first-order valence-corrected chi connectivity index (χ1v) is 6.83. The molecule has 1 aliphatic rings. The minimum atomic E-state index is 0.0716. The second-order valence-electron chi connectivity index (χ2n) is 4.70. The summed E-state index contributed by atoms with van der Waals surface area (Å²) in [5, 5.41) is 6.91. The number of ether oxygens (including phenoxy) is 1. The van der Waals surface area contributed by atoms with Gasteiger partial charge in [-0.15, -0.1) is 11.3 Å². The SMILES string of the molecule is CCOC1CC(NC(C)C)(c2nccs2)C1. The Balaban J connectivity index is 2.06. The number of rotatable bonds is 5. The molecule has 0 amide bonds. The molecule has 2 rings (SSSR count). The van der Waals surface area contributed by atoms with Crippen molar-refractivity contribution in [3.63, 3.8) is 0 Å². The molecule has 1 N–H and O–H groups in total. The molecule has 1 aliphatic carbocycles. The summed E-state index contributed by atoms with van der Waals surface area (Å²) in [6.07, 6.45) is 4.39. The maximum atomic E-state index is 5.65. The van der Waals surface area contributed by atoms with Crippen molar-refractivity contribution in [2.24, 2.45) is 0 Å². The average Bonchev–Trinajstić information content (AvgIpc) is 2.66. The molecule has 90 valence electrons. The third kappa shape index (κ3) is 2.29. The zero-order chi connectivity index (χ0) is 11.6. The van der Waals surface area contributed by atoms with Crippen LogP contribution >= 0.6 is 11.3 Å². The van der Waals surface area contributed by atoms with E-state index < -0.39 is 0 Å². The molecule has 1 fully saturated rings. The fraction of sp³-hybridized carbons (Fsp3) is 0.750. The van der Waals surface area contributed by atoms with Crippen LogP contribution in [0.4, 0.5) is 0 Å². The van der Waals surface area contributed by atoms with Crippen LogP contribution in [0.25, 0.3) is 0 Å². The van der Waals surface area contributed by atoms with Gasteiger partial charge in [-0.05, 0) is 33.6 Å². The molecule has 1 aromatic rings. The first-order valence-electron chi connectivity index (χ1n) is 5.95. The predicted molar refractivity (Wildman–Crippen MR) is 66.7 cm³/mol. The predicted octanol–water partition coefficient (Wildman–Crippen LogP) is 2.54. The molecular weight excluding hydrogens is 220 g/mol. The van der Waals surface area contributed by atoms with E-state index in [1.807, 2.05) is 11.6 Å². The van der Waals surface area contributed by atoms with Crippen LogP contribution in [0.15, 0.2) is 11.6 Å². The molecule has 0 aromatic carbocycles. The molecule has 1 saturated carbocycles. The van der Waals surface area contributed by atoms with Gasteiger partial charge in [0.15, 0.2) is 0 Å². The van der Waals surface area contributed by atoms with E-state index >= 15 is 0 Å². The highest BCUT2D eigenvalue weighted by Crippen LogP contribution is 2.44. The van der Waals surface area contributed by atoms with Crippen molar-refractivity contribution < 1.29 is 4.74 Å². The summed E-state index contributed by atoms with van der Waals surface area (Å²) in [6.45, 7) is 7.23. The van der Waals surface area contributed by atoms with Gasteiger partial charge in [-0.25, -0.2) is 4.98 Å². The summed E-state index contributed by atoms with van der Waals surface area (Å²) < 4.78 is 5.65. The van der Waals surface area contributed by atoms with Crippen LogP contribution in [0.1, 0.15) is 38.6 Å². The van der Waals surface area contributed by atoms with Gasteiger partial charge in [0.2, 0.25) is 0 Å². The molecule has 16 heavy (non-hydrogen) atoms. The Hall–Kier alpha value is -0.450. The van der Waals surface area contributed by atoms with Gasteiger partial charge >= 0.3 is 0 Å². The summed E-state index contributed by atoms with van der Waals surface area (Å²) in [6, 6.07) is 0.478. The molecular formula is C12H20N2OS. The fourth-order valence-electron chi connectivity index (χ4n) is 2.44. The second-order valence-corrected chi connectivity index (χ2v) is 5.60. The molecule has 0 saturated heterocycles. The Morgan fingerprint density at radius 3 is 2.88 bits per heavy atom. The van der Waals surface area contributed by atoms with Crippen LogP contribution in [0, 0.1) is 0 Å². The smallest absolute Gasteiger partial charge is 0.113 e. The van der Waals surface area contributed by atoms with E-state index in [1.165, 1.54) is 5.01 Å². The highest BCUT2D eigenvalue weighted by Gasteiger charge is 2.48. The van der Waals surface area contributed by atoms with Crippen molar-refractivity contribution in [3.8, 4) is 0 Å². The Labute approximate surface area is 101 Å². The van der Waals surface area contributed by atoms with E-state index in [1.54, 1.807) is 11.3 Å². The second kappa shape index (κ2) is 4.82. The maximum Gasteiger partial charge on any atom is 0.113 e. The number of aromatic nitrogens is 1. The normalized spacial score (nSPS) is 29.4. The number of thiazole rings is 1. The zero-order valence-corrected chi connectivity index (χ0v) is 11.0. The molecule has 0 aliphatic heterocycles. The van der Waals surface area contributed by atoms with Crippen LogP contribution in [0.2, 0.25) is 0 Å². The summed E-state index contributed by atoms with van der Waals surface area (Å²) in [7, 11) is 0. The highest BCUT2D eigenvalue weighted by atomic mass is 32.1. The van der Waals surface area contributed by atoms with Gasteiger partial charge in [-0.2, -0.15) is 0 Å². The van der Waals surface area contributed by atoms with Crippen molar-refractivity contribution in [2.45, 2.75) is 51.3 Å². The minimum absolute atomic E-state index is 0.0716. The van der Waals surface area contributed by atoms with Crippen LogP contribution in [-0.2, 0) is 10.3 Å². The van der Waals surface area contributed by atoms with Gasteiger partial charge in [0.05, 0.1) is 11.6 Å². The summed E-state index contributed by atoms with van der Waals surface area (Å²) >= 11 is 1.74. The molecule has 1 heterocycles. The Morgan fingerprint density at radius 2 is 2.38 bits per heavy atom. The Morgan fingerprint density at radius 1 is 1.62 bits per heavy atom. The lowest BCUT2D eigenvalue weighted by Gasteiger charge is -2.47. The molecule has 1 aromatic heterocycles. The molecule has 0 radical (unpaired) electrons. The van der Waals surface area contributed by atoms with Crippen LogP contribution in [-0.4, -0.2) is 23.7 Å². The third-order valence-electron chi connectivity index (χ3n) is 2.96. The summed E-state index contributed by atoms with van der Waals surface area (Å²) in [5.41, 5.74) is 0.0716. The van der Waals surface area contributed by atoms with Gasteiger partial charge in [0, 0.05) is 24.2 Å². The number of nitrogens with zero attached hydrogens (tertiary/aromatic N) is 1. The molecule has 0 atom stereocenters. The van der Waals surface area contributed by atoms with Crippen LogP contribution in [0.3, 0.4) is 0 Å². The minimum Gasteiger partial charge on any atom is -0.378 e. The fourth-order valence-corrected chi connectivity index (χ4v) is 3.26. The topological polar surface area (TPSA) is 34.1 Å². The monoisotopic (exact) mass is 240 g/mol. The van der Waals surface area contributed by atoms with E-state index in [-0.39, 0.29) is 5.54 Å². The lowest BCUT2D eigenvalue weighted by atomic mass is 9.74. The quantitative estimate of drug-likeness (QED) is 0.859. The van der Waals surface area contributed by atoms with Gasteiger partial charge in [0.25, 0.3) is 0 Å². The molecule has 4 heteroatoms. The first kappa shape index (κ1) is 12.0. The van der Waals surface area contributed by atoms with Crippen LogP contribution < -0.4 is 5.32 Å². The van der Waals surface area contributed by atoms with E-state index in [4.69, 9.17) is 4.74 Å². The van der Waals surface area contributed by atoms with E-state index in [0.717, 1.165) is 19.4 Å². The van der Waals surface area contributed by atoms with Crippen molar-refractivity contribution >= 4 is 11.3 Å². The van der Waals surface area contributed by atoms with Gasteiger partial charge in [0.1, 0.15) is 5.01 Å². The zero-order valence-electron chi connectivity index (χ0n) is 10.2. The van der Waals surface area contributed by atoms with Crippen LogP contribution in [0.5, 0.6) is 0 Å². The molecule has 0 unspecified atom stereocenters. The van der Waals surface area contributed by atoms with E-state index in [9.17, 15) is 0 Å². The van der Waals surface area contributed by atoms with Crippen molar-refractivity contribution in [1.29, 1.82) is 0 Å². The lowest BCUT2D eigenvalue weighted by molar-refractivity contribution is -0.0563.